The first-order chi connectivity index (χ1) is 8.17. The van der Waals surface area contributed by atoms with Gasteiger partial charge in [0.1, 0.15) is 0 Å². The van der Waals surface area contributed by atoms with Gasteiger partial charge in [-0.3, -0.25) is 0 Å². The molecule has 0 aliphatic heterocycles. The predicted molar refractivity (Wildman–Crippen MR) is 74.4 cm³/mol. The average molecular weight is 253 g/mol. The van der Waals surface area contributed by atoms with Crippen molar-refractivity contribution in [2.45, 2.75) is 45.3 Å². The maximum atomic E-state index is 4.41. The Kier molecular flexibility index (Phi) is 6.52. The number of thioether (sulfide) groups is 1. The van der Waals surface area contributed by atoms with Crippen LogP contribution in [0.1, 0.15) is 32.9 Å². The summed E-state index contributed by atoms with van der Waals surface area (Å²) in [7, 11) is 0. The van der Waals surface area contributed by atoms with Gasteiger partial charge in [-0.25, -0.2) is 9.97 Å². The predicted octanol–water partition coefficient (Wildman–Crippen LogP) is 2.90. The zero-order valence-corrected chi connectivity index (χ0v) is 12.0. The third-order valence-electron chi connectivity index (χ3n) is 2.96. The van der Waals surface area contributed by atoms with E-state index >= 15 is 0 Å². The summed E-state index contributed by atoms with van der Waals surface area (Å²) in [6, 6.07) is 2.47. The van der Waals surface area contributed by atoms with Gasteiger partial charge >= 0.3 is 0 Å². The lowest BCUT2D eigenvalue weighted by Gasteiger charge is -2.23. The number of nitrogens with one attached hydrogen (secondary N) is 1. The largest absolute Gasteiger partial charge is 0.313 e. The van der Waals surface area contributed by atoms with Crippen LogP contribution in [0.15, 0.2) is 17.4 Å². The molecule has 1 heterocycles. The van der Waals surface area contributed by atoms with Gasteiger partial charge in [0.2, 0.25) is 0 Å². The van der Waals surface area contributed by atoms with Crippen molar-refractivity contribution in [3.63, 3.8) is 0 Å². The number of aryl methyl sites for hydroxylation is 1. The van der Waals surface area contributed by atoms with Crippen molar-refractivity contribution < 1.29 is 0 Å². The van der Waals surface area contributed by atoms with Crippen LogP contribution in [0.3, 0.4) is 0 Å². The lowest BCUT2D eigenvalue weighted by atomic mass is 10.0. The van der Waals surface area contributed by atoms with Crippen LogP contribution in [0.4, 0.5) is 0 Å². The number of aromatic nitrogens is 2. The third-order valence-corrected chi connectivity index (χ3v) is 3.94. The number of rotatable bonds is 7. The molecule has 0 bridgehead atoms. The Labute approximate surface area is 109 Å². The van der Waals surface area contributed by atoms with Crippen LogP contribution in [0, 0.1) is 12.8 Å². The molecule has 1 N–H and O–H groups in total. The maximum absolute atomic E-state index is 4.41. The standard InChI is InChI=1S/C13H23N3S/c1-5-10(3)12(14-6-2)9-17-13-15-8-7-11(4)16-13/h7-8,10,12,14H,5-6,9H2,1-4H3. The topological polar surface area (TPSA) is 37.8 Å². The molecule has 0 spiro atoms. The molecule has 0 aliphatic carbocycles. The highest BCUT2D eigenvalue weighted by atomic mass is 32.2. The summed E-state index contributed by atoms with van der Waals surface area (Å²) >= 11 is 1.74. The fraction of sp³-hybridized carbons (Fsp3) is 0.692. The zero-order chi connectivity index (χ0) is 12.7. The summed E-state index contributed by atoms with van der Waals surface area (Å²) in [6.45, 7) is 9.71. The Morgan fingerprint density at radius 2 is 2.18 bits per heavy atom. The molecule has 4 heteroatoms. The van der Waals surface area contributed by atoms with Crippen molar-refractivity contribution in [2.24, 2.45) is 5.92 Å². The zero-order valence-electron chi connectivity index (χ0n) is 11.2. The van der Waals surface area contributed by atoms with Crippen LogP contribution < -0.4 is 5.32 Å². The average Bonchev–Trinajstić information content (AvgIpc) is 2.33. The Balaban J connectivity index is 2.51. The molecule has 0 saturated heterocycles. The number of hydrogen-bond acceptors (Lipinski definition) is 4. The number of nitrogens with zero attached hydrogens (tertiary/aromatic N) is 2. The Morgan fingerprint density at radius 1 is 1.41 bits per heavy atom. The minimum atomic E-state index is 0.541. The van der Waals surface area contributed by atoms with Crippen LogP contribution in [-0.2, 0) is 0 Å². The normalized spacial score (nSPS) is 14.6. The van der Waals surface area contributed by atoms with E-state index < -0.39 is 0 Å². The summed E-state index contributed by atoms with van der Waals surface area (Å²) in [5, 5.41) is 4.43. The second-order valence-electron chi connectivity index (χ2n) is 4.34. The van der Waals surface area contributed by atoms with E-state index in [9.17, 15) is 0 Å². The summed E-state index contributed by atoms with van der Waals surface area (Å²) in [4.78, 5) is 8.70. The summed E-state index contributed by atoms with van der Waals surface area (Å²) in [5.41, 5.74) is 1.03. The van der Waals surface area contributed by atoms with Gasteiger partial charge in [0, 0.05) is 23.7 Å². The molecule has 0 amide bonds. The summed E-state index contributed by atoms with van der Waals surface area (Å²) < 4.78 is 0. The first kappa shape index (κ1) is 14.5. The fourth-order valence-electron chi connectivity index (χ4n) is 1.63. The first-order valence-electron chi connectivity index (χ1n) is 6.33. The van der Waals surface area contributed by atoms with Crippen molar-refractivity contribution in [1.82, 2.24) is 15.3 Å². The van der Waals surface area contributed by atoms with Gasteiger partial charge < -0.3 is 5.32 Å². The van der Waals surface area contributed by atoms with Crippen molar-refractivity contribution in [2.75, 3.05) is 12.3 Å². The van der Waals surface area contributed by atoms with E-state index in [1.807, 2.05) is 19.2 Å². The molecule has 0 saturated carbocycles. The van der Waals surface area contributed by atoms with Crippen LogP contribution >= 0.6 is 11.8 Å². The van der Waals surface area contributed by atoms with Gasteiger partial charge in [0.25, 0.3) is 0 Å². The summed E-state index contributed by atoms with van der Waals surface area (Å²) in [5.74, 6) is 1.72. The van der Waals surface area contributed by atoms with Crippen molar-refractivity contribution >= 4 is 11.8 Å². The minimum Gasteiger partial charge on any atom is -0.313 e. The molecule has 2 atom stereocenters. The van der Waals surface area contributed by atoms with E-state index in [1.54, 1.807) is 11.8 Å². The molecule has 96 valence electrons. The third kappa shape index (κ3) is 5.04. The van der Waals surface area contributed by atoms with Crippen LogP contribution in [0.2, 0.25) is 0 Å². The van der Waals surface area contributed by atoms with E-state index in [2.05, 4.69) is 36.1 Å². The molecule has 0 fully saturated rings. The molecule has 3 nitrogen and oxygen atoms in total. The molecule has 0 aliphatic rings. The first-order valence-corrected chi connectivity index (χ1v) is 7.31. The van der Waals surface area contributed by atoms with Crippen molar-refractivity contribution in [3.05, 3.63) is 18.0 Å². The van der Waals surface area contributed by atoms with Crippen molar-refractivity contribution in [1.29, 1.82) is 0 Å². The Bertz CT molecular complexity index is 330. The highest BCUT2D eigenvalue weighted by molar-refractivity contribution is 7.99. The van der Waals surface area contributed by atoms with E-state index in [1.165, 1.54) is 6.42 Å². The number of hydrogen-bond donors (Lipinski definition) is 1. The molecule has 0 aromatic carbocycles. The van der Waals surface area contributed by atoms with Crippen LogP contribution in [-0.4, -0.2) is 28.3 Å². The molecule has 1 aromatic heterocycles. The molecule has 0 radical (unpaired) electrons. The maximum Gasteiger partial charge on any atom is 0.187 e. The highest BCUT2D eigenvalue weighted by Gasteiger charge is 2.15. The lowest BCUT2D eigenvalue weighted by molar-refractivity contribution is 0.404. The Hall–Kier alpha value is -0.610. The lowest BCUT2D eigenvalue weighted by Crippen LogP contribution is -2.36. The molecular weight excluding hydrogens is 230 g/mol. The van der Waals surface area contributed by atoms with Gasteiger partial charge in [0.05, 0.1) is 0 Å². The van der Waals surface area contributed by atoms with Gasteiger partial charge in [-0.2, -0.15) is 0 Å². The minimum absolute atomic E-state index is 0.541. The van der Waals surface area contributed by atoms with Crippen molar-refractivity contribution in [3.8, 4) is 0 Å². The molecule has 1 aromatic rings. The van der Waals surface area contributed by atoms with Crippen LogP contribution in [0.25, 0.3) is 0 Å². The monoisotopic (exact) mass is 253 g/mol. The molecule has 2 unspecified atom stereocenters. The second kappa shape index (κ2) is 7.67. The van der Waals surface area contributed by atoms with Gasteiger partial charge in [-0.1, -0.05) is 39.0 Å². The quantitative estimate of drug-likeness (QED) is 0.599. The smallest absolute Gasteiger partial charge is 0.187 e. The highest BCUT2D eigenvalue weighted by Crippen LogP contribution is 2.18. The summed E-state index contributed by atoms with van der Waals surface area (Å²) in [6.07, 6.45) is 3.03. The van der Waals surface area contributed by atoms with E-state index in [-0.39, 0.29) is 0 Å². The SMILES string of the molecule is CCNC(CSc1nccc(C)n1)C(C)CC. The van der Waals surface area contributed by atoms with E-state index in [0.29, 0.717) is 12.0 Å². The molecular formula is C13H23N3S. The van der Waals surface area contributed by atoms with Crippen LogP contribution in [0.5, 0.6) is 0 Å². The molecule has 1 rings (SSSR count). The fourth-order valence-corrected chi connectivity index (χ4v) is 2.75. The van der Waals surface area contributed by atoms with Gasteiger partial charge in [0.15, 0.2) is 5.16 Å². The van der Waals surface area contributed by atoms with Gasteiger partial charge in [-0.15, -0.1) is 0 Å². The Morgan fingerprint density at radius 3 is 2.76 bits per heavy atom. The van der Waals surface area contributed by atoms with E-state index in [4.69, 9.17) is 0 Å². The van der Waals surface area contributed by atoms with Gasteiger partial charge in [-0.05, 0) is 25.5 Å². The second-order valence-corrected chi connectivity index (χ2v) is 5.33. The molecule has 17 heavy (non-hydrogen) atoms. The van der Waals surface area contributed by atoms with E-state index in [0.717, 1.165) is 23.1 Å².